The van der Waals surface area contributed by atoms with E-state index in [9.17, 15) is 19.8 Å². The van der Waals surface area contributed by atoms with Crippen LogP contribution in [0, 0.1) is 0 Å². The number of ketones is 1. The predicted octanol–water partition coefficient (Wildman–Crippen LogP) is 6.14. The number of esters is 1. The summed E-state index contributed by atoms with van der Waals surface area (Å²) in [5.74, 6) is -0.528. The zero-order chi connectivity index (χ0) is 25.8. The smallest absolute Gasteiger partial charge is 0.349 e. The Labute approximate surface area is 202 Å². The summed E-state index contributed by atoms with van der Waals surface area (Å²) in [6.45, 7) is 15.2. The number of carbonyl (C=O) groups is 2. The van der Waals surface area contributed by atoms with E-state index < -0.39 is 11.6 Å². The van der Waals surface area contributed by atoms with Crippen molar-refractivity contribution in [1.82, 2.24) is 0 Å². The molecule has 2 aromatic carbocycles. The summed E-state index contributed by atoms with van der Waals surface area (Å²) >= 11 is 0. The zero-order valence-electron chi connectivity index (χ0n) is 21.4. The second-order valence-electron chi connectivity index (χ2n) is 10.1. The summed E-state index contributed by atoms with van der Waals surface area (Å²) in [6.07, 6.45) is 3.07. The van der Waals surface area contributed by atoms with E-state index in [1.165, 1.54) is 24.3 Å². The first-order chi connectivity index (χ1) is 15.7. The number of rotatable bonds is 8. The van der Waals surface area contributed by atoms with Crippen LogP contribution < -0.4 is 4.74 Å². The van der Waals surface area contributed by atoms with Crippen molar-refractivity contribution < 1.29 is 29.3 Å². The number of carbonyl (C=O) groups excluding carboxylic acids is 2. The van der Waals surface area contributed by atoms with Crippen LogP contribution in [0.3, 0.4) is 0 Å². The SMILES string of the molecule is CCOC(=O)C(C)(C)Oc1ccc(C(=O)/C=C/c2cc(C(C)C)c(O)c(C(C)(C)C)c2)c(O)c1. The maximum Gasteiger partial charge on any atom is 0.349 e. The minimum atomic E-state index is -1.24. The highest BCUT2D eigenvalue weighted by atomic mass is 16.6. The molecule has 2 N–H and O–H groups in total. The van der Waals surface area contributed by atoms with E-state index in [1.54, 1.807) is 26.8 Å². The van der Waals surface area contributed by atoms with Gasteiger partial charge in [-0.15, -0.1) is 0 Å². The lowest BCUT2D eigenvalue weighted by Gasteiger charge is -2.24. The van der Waals surface area contributed by atoms with E-state index in [2.05, 4.69) is 0 Å². The molecule has 0 radical (unpaired) electrons. The second-order valence-corrected chi connectivity index (χ2v) is 10.1. The fraction of sp³-hybridized carbons (Fsp3) is 0.429. The average molecular weight is 469 g/mol. The molecule has 0 amide bonds. The topological polar surface area (TPSA) is 93.1 Å². The molecule has 0 aromatic heterocycles. The van der Waals surface area contributed by atoms with Gasteiger partial charge in [0.05, 0.1) is 12.2 Å². The van der Waals surface area contributed by atoms with Gasteiger partial charge < -0.3 is 19.7 Å². The number of hydrogen-bond donors (Lipinski definition) is 2. The fourth-order valence-corrected chi connectivity index (χ4v) is 3.47. The molecule has 0 aliphatic carbocycles. The number of allylic oxidation sites excluding steroid dienone is 1. The van der Waals surface area contributed by atoms with Crippen LogP contribution in [0.4, 0.5) is 0 Å². The molecule has 6 heteroatoms. The van der Waals surface area contributed by atoms with Crippen molar-refractivity contribution in [3.05, 3.63) is 58.7 Å². The molecule has 0 spiro atoms. The Morgan fingerprint density at radius 1 is 1.03 bits per heavy atom. The number of ether oxygens (including phenoxy) is 2. The molecule has 2 aromatic rings. The standard InChI is InChI=1S/C28H36O6/c1-9-33-26(32)28(7,8)34-19-11-12-20(24(30)16-19)23(29)13-10-18-14-21(17(2)3)25(31)22(15-18)27(4,5)6/h10-17,30-31H,9H2,1-8H3/b13-10+. The minimum absolute atomic E-state index is 0.108. The van der Waals surface area contributed by atoms with Crippen molar-refractivity contribution in [2.24, 2.45) is 0 Å². The molecular formula is C28H36O6. The van der Waals surface area contributed by atoms with E-state index in [4.69, 9.17) is 9.47 Å². The average Bonchev–Trinajstić information content (AvgIpc) is 2.71. The lowest BCUT2D eigenvalue weighted by Crippen LogP contribution is -2.39. The van der Waals surface area contributed by atoms with Crippen molar-refractivity contribution in [3.8, 4) is 17.2 Å². The molecule has 2 rings (SSSR count). The Bertz CT molecular complexity index is 1090. The molecule has 0 fully saturated rings. The van der Waals surface area contributed by atoms with E-state index in [0.717, 1.165) is 16.7 Å². The van der Waals surface area contributed by atoms with Gasteiger partial charge in [-0.05, 0) is 73.6 Å². The molecule has 0 saturated heterocycles. The molecule has 0 heterocycles. The summed E-state index contributed by atoms with van der Waals surface area (Å²) in [6, 6.07) is 8.02. The number of aromatic hydroxyl groups is 2. The maximum atomic E-state index is 12.8. The first-order valence-corrected chi connectivity index (χ1v) is 11.5. The van der Waals surface area contributed by atoms with Crippen LogP contribution >= 0.6 is 0 Å². The molecular weight excluding hydrogens is 432 g/mol. The Morgan fingerprint density at radius 3 is 2.21 bits per heavy atom. The zero-order valence-corrected chi connectivity index (χ0v) is 21.4. The molecule has 0 unspecified atom stereocenters. The van der Waals surface area contributed by atoms with Gasteiger partial charge in [0.2, 0.25) is 0 Å². The lowest BCUT2D eigenvalue weighted by atomic mass is 9.82. The highest BCUT2D eigenvalue weighted by molar-refractivity contribution is 6.08. The van der Waals surface area contributed by atoms with Gasteiger partial charge in [0.25, 0.3) is 0 Å². The van der Waals surface area contributed by atoms with Gasteiger partial charge in [0, 0.05) is 11.6 Å². The van der Waals surface area contributed by atoms with Crippen LogP contribution in [0.25, 0.3) is 6.08 Å². The molecule has 184 valence electrons. The van der Waals surface area contributed by atoms with Crippen LogP contribution in [-0.4, -0.2) is 34.2 Å². The van der Waals surface area contributed by atoms with Crippen molar-refractivity contribution in [2.75, 3.05) is 6.61 Å². The first-order valence-electron chi connectivity index (χ1n) is 11.5. The van der Waals surface area contributed by atoms with Gasteiger partial charge in [0.1, 0.15) is 17.2 Å². The van der Waals surface area contributed by atoms with Crippen LogP contribution in [-0.2, 0) is 14.9 Å². The van der Waals surface area contributed by atoms with Crippen LogP contribution in [0.1, 0.15) is 88.4 Å². The van der Waals surface area contributed by atoms with Gasteiger partial charge in [-0.1, -0.05) is 40.7 Å². The summed E-state index contributed by atoms with van der Waals surface area (Å²) < 4.78 is 10.7. The van der Waals surface area contributed by atoms with Gasteiger partial charge in [-0.25, -0.2) is 4.79 Å². The molecule has 0 aliphatic rings. The van der Waals surface area contributed by atoms with Gasteiger partial charge in [-0.2, -0.15) is 0 Å². The third-order valence-corrected chi connectivity index (χ3v) is 5.39. The molecule has 6 nitrogen and oxygen atoms in total. The van der Waals surface area contributed by atoms with Crippen LogP contribution in [0.2, 0.25) is 0 Å². The number of phenols is 2. The molecule has 0 saturated carbocycles. The predicted molar refractivity (Wildman–Crippen MR) is 134 cm³/mol. The molecule has 34 heavy (non-hydrogen) atoms. The highest BCUT2D eigenvalue weighted by Crippen LogP contribution is 2.38. The Morgan fingerprint density at radius 2 is 1.68 bits per heavy atom. The van der Waals surface area contributed by atoms with E-state index in [0.29, 0.717) is 0 Å². The van der Waals surface area contributed by atoms with Crippen molar-refractivity contribution >= 4 is 17.8 Å². The van der Waals surface area contributed by atoms with Crippen LogP contribution in [0.5, 0.6) is 17.2 Å². The van der Waals surface area contributed by atoms with E-state index in [1.807, 2.05) is 46.8 Å². The van der Waals surface area contributed by atoms with Crippen molar-refractivity contribution in [2.45, 2.75) is 72.3 Å². The van der Waals surface area contributed by atoms with Crippen molar-refractivity contribution in [3.63, 3.8) is 0 Å². The molecule has 0 bridgehead atoms. The van der Waals surface area contributed by atoms with Gasteiger partial charge in [0.15, 0.2) is 11.4 Å². The third kappa shape index (κ3) is 6.40. The number of phenolic OH excluding ortho intramolecular Hbond substituents is 2. The normalized spacial score (nSPS) is 12.3. The molecule has 0 aliphatic heterocycles. The quantitative estimate of drug-likeness (QED) is 0.275. The maximum absolute atomic E-state index is 12.8. The fourth-order valence-electron chi connectivity index (χ4n) is 3.47. The number of hydrogen-bond acceptors (Lipinski definition) is 6. The van der Waals surface area contributed by atoms with Gasteiger partial charge in [-0.3, -0.25) is 4.79 Å². The number of benzene rings is 2. The Hall–Kier alpha value is -3.28. The Balaban J connectivity index is 2.30. The highest BCUT2D eigenvalue weighted by Gasteiger charge is 2.32. The van der Waals surface area contributed by atoms with Gasteiger partial charge >= 0.3 is 5.97 Å². The summed E-state index contributed by atoms with van der Waals surface area (Å²) in [7, 11) is 0. The summed E-state index contributed by atoms with van der Waals surface area (Å²) in [5, 5.41) is 21.1. The Kier molecular flexibility index (Phi) is 8.19. The minimum Gasteiger partial charge on any atom is -0.507 e. The summed E-state index contributed by atoms with van der Waals surface area (Å²) in [5.41, 5.74) is 0.998. The largest absolute Gasteiger partial charge is 0.507 e. The lowest BCUT2D eigenvalue weighted by molar-refractivity contribution is -0.158. The second kappa shape index (κ2) is 10.3. The molecule has 0 atom stereocenters. The first kappa shape index (κ1) is 27.0. The monoisotopic (exact) mass is 468 g/mol. The third-order valence-electron chi connectivity index (χ3n) is 5.39. The van der Waals surface area contributed by atoms with E-state index in [-0.39, 0.29) is 46.5 Å². The van der Waals surface area contributed by atoms with E-state index >= 15 is 0 Å². The van der Waals surface area contributed by atoms with Crippen molar-refractivity contribution in [1.29, 1.82) is 0 Å². The summed E-state index contributed by atoms with van der Waals surface area (Å²) in [4.78, 5) is 24.8. The van der Waals surface area contributed by atoms with Crippen LogP contribution in [0.15, 0.2) is 36.4 Å².